The van der Waals surface area contributed by atoms with Crippen LogP contribution in [0, 0.1) is 0 Å². The quantitative estimate of drug-likeness (QED) is 0.408. The summed E-state index contributed by atoms with van der Waals surface area (Å²) >= 11 is 0. The van der Waals surface area contributed by atoms with Gasteiger partial charge < -0.3 is 9.88 Å². The molecule has 0 bridgehead atoms. The number of aromatic nitrogens is 6. The molecule has 0 saturated heterocycles. The first-order valence-corrected chi connectivity index (χ1v) is 10.1. The van der Waals surface area contributed by atoms with E-state index in [9.17, 15) is 18.8 Å². The molecule has 0 atom stereocenters. The molecule has 0 unspecified atom stereocenters. The summed E-state index contributed by atoms with van der Waals surface area (Å²) in [4.78, 5) is 49.9. The molecule has 0 radical (unpaired) electrons. The van der Waals surface area contributed by atoms with Crippen molar-refractivity contribution >= 4 is 29.7 Å². The van der Waals surface area contributed by atoms with Crippen LogP contribution in [0.25, 0.3) is 28.8 Å². The highest BCUT2D eigenvalue weighted by atomic mass is 19.1. The molecule has 4 aromatic rings. The zero-order valence-corrected chi connectivity index (χ0v) is 18.5. The lowest BCUT2D eigenvalue weighted by atomic mass is 10.0. The van der Waals surface area contributed by atoms with Crippen LogP contribution in [0.5, 0.6) is 0 Å². The second kappa shape index (κ2) is 9.43. The third kappa shape index (κ3) is 4.29. The van der Waals surface area contributed by atoms with Crippen LogP contribution < -0.4 is 16.4 Å². The zero-order chi connectivity index (χ0) is 25.1. The molecule has 35 heavy (non-hydrogen) atoms. The van der Waals surface area contributed by atoms with Gasteiger partial charge in [-0.2, -0.15) is 9.78 Å². The average Bonchev–Trinajstić information content (AvgIpc) is 2.86. The molecule has 0 saturated carbocycles. The Labute approximate surface area is 197 Å². The topological polar surface area (TPSA) is 125 Å². The molecule has 0 spiro atoms. The van der Waals surface area contributed by atoms with Crippen LogP contribution in [0.4, 0.5) is 15.9 Å². The molecule has 0 aliphatic rings. The standard InChI is InChI=1S/C24H18FN7O3/c1-4-15-10-29-32(24(35)21(15)14(2)25)22-18(12-33)17(5-8-27-22)16-9-19(23(34)31(3)11-16)30-20-6-7-26-13-28-20/h4-13H,1-2H2,3H3,(H,26,28,30). The number of carbonyl (C=O) groups excluding carboxylic acids is 1. The molecular weight excluding hydrogens is 453 g/mol. The molecule has 4 rings (SSSR count). The van der Waals surface area contributed by atoms with Gasteiger partial charge in [-0.25, -0.2) is 19.3 Å². The third-order valence-electron chi connectivity index (χ3n) is 5.12. The van der Waals surface area contributed by atoms with E-state index in [2.05, 4.69) is 38.5 Å². The maximum absolute atomic E-state index is 14.0. The van der Waals surface area contributed by atoms with Crippen molar-refractivity contribution in [2.24, 2.45) is 7.05 Å². The molecule has 0 aliphatic carbocycles. The van der Waals surface area contributed by atoms with E-state index in [0.717, 1.165) is 4.68 Å². The van der Waals surface area contributed by atoms with Crippen molar-refractivity contribution in [1.82, 2.24) is 29.3 Å². The number of carbonyl (C=O) groups is 1. The Morgan fingerprint density at radius 2 is 1.97 bits per heavy atom. The summed E-state index contributed by atoms with van der Waals surface area (Å²) in [6.07, 6.45) is 8.78. The lowest BCUT2D eigenvalue weighted by Crippen LogP contribution is -2.27. The van der Waals surface area contributed by atoms with E-state index in [1.165, 1.54) is 41.8 Å². The number of pyridine rings is 2. The molecule has 0 fully saturated rings. The Kier molecular flexibility index (Phi) is 6.23. The van der Waals surface area contributed by atoms with E-state index in [1.807, 2.05) is 0 Å². The maximum Gasteiger partial charge on any atom is 0.283 e. The Hall–Kier alpha value is -5.06. The Bertz CT molecular complexity index is 1590. The fraction of sp³-hybridized carbons (Fsp3) is 0.0417. The van der Waals surface area contributed by atoms with Crippen molar-refractivity contribution in [2.45, 2.75) is 0 Å². The van der Waals surface area contributed by atoms with Gasteiger partial charge in [0, 0.05) is 36.8 Å². The molecule has 0 aromatic carbocycles. The maximum atomic E-state index is 14.0. The molecule has 174 valence electrons. The van der Waals surface area contributed by atoms with Gasteiger partial charge >= 0.3 is 0 Å². The number of halogens is 1. The molecule has 1 N–H and O–H groups in total. The highest BCUT2D eigenvalue weighted by molar-refractivity contribution is 5.91. The van der Waals surface area contributed by atoms with Gasteiger partial charge in [0.05, 0.1) is 17.3 Å². The number of aldehydes is 1. The van der Waals surface area contributed by atoms with Crippen LogP contribution in [0.1, 0.15) is 21.5 Å². The van der Waals surface area contributed by atoms with E-state index < -0.39 is 11.4 Å². The second-order valence-corrected chi connectivity index (χ2v) is 7.29. The number of rotatable bonds is 7. The SMILES string of the molecule is C=Cc1cnn(-c2nccc(-c3cc(Nc4ccncn4)c(=O)n(C)c3)c2C=O)c(=O)c1C(=C)F. The first-order valence-electron chi connectivity index (χ1n) is 10.1. The van der Waals surface area contributed by atoms with Crippen molar-refractivity contribution in [1.29, 1.82) is 0 Å². The molecule has 0 amide bonds. The van der Waals surface area contributed by atoms with Crippen molar-refractivity contribution in [3.8, 4) is 16.9 Å². The van der Waals surface area contributed by atoms with Gasteiger partial charge in [0.25, 0.3) is 11.1 Å². The van der Waals surface area contributed by atoms with Crippen LogP contribution in [0.3, 0.4) is 0 Å². The van der Waals surface area contributed by atoms with Crippen LogP contribution in [0.2, 0.25) is 0 Å². The number of nitrogens with one attached hydrogen (secondary N) is 1. The van der Waals surface area contributed by atoms with Crippen LogP contribution in [-0.4, -0.2) is 35.6 Å². The van der Waals surface area contributed by atoms with Crippen molar-refractivity contribution in [3.05, 3.63) is 99.9 Å². The number of aryl methyl sites for hydroxylation is 1. The lowest BCUT2D eigenvalue weighted by molar-refractivity contribution is 0.112. The van der Waals surface area contributed by atoms with Gasteiger partial charge in [0.2, 0.25) is 0 Å². The van der Waals surface area contributed by atoms with Crippen LogP contribution in [0.15, 0.2) is 72.1 Å². The molecule has 4 aromatic heterocycles. The lowest BCUT2D eigenvalue weighted by Gasteiger charge is -2.14. The normalized spacial score (nSPS) is 10.6. The number of anilines is 2. The van der Waals surface area contributed by atoms with Crippen molar-refractivity contribution < 1.29 is 9.18 Å². The number of nitrogens with zero attached hydrogens (tertiary/aromatic N) is 6. The van der Waals surface area contributed by atoms with Gasteiger partial charge in [-0.05, 0) is 23.8 Å². The van der Waals surface area contributed by atoms with Gasteiger partial charge in [0.15, 0.2) is 12.1 Å². The summed E-state index contributed by atoms with van der Waals surface area (Å²) in [5.74, 6) is -0.680. The second-order valence-electron chi connectivity index (χ2n) is 7.29. The summed E-state index contributed by atoms with van der Waals surface area (Å²) in [6, 6.07) is 4.69. The van der Waals surface area contributed by atoms with E-state index in [0.29, 0.717) is 23.2 Å². The fourth-order valence-corrected chi connectivity index (χ4v) is 3.49. The first-order chi connectivity index (χ1) is 16.8. The third-order valence-corrected chi connectivity index (χ3v) is 5.12. The van der Waals surface area contributed by atoms with E-state index in [-0.39, 0.29) is 33.8 Å². The molecular formula is C24H18FN7O3. The minimum absolute atomic E-state index is 0.00973. The molecule has 11 heteroatoms. The molecule has 10 nitrogen and oxygen atoms in total. The zero-order valence-electron chi connectivity index (χ0n) is 18.5. The summed E-state index contributed by atoms with van der Waals surface area (Å²) in [5, 5.41) is 6.96. The van der Waals surface area contributed by atoms with Gasteiger partial charge in [-0.3, -0.25) is 14.4 Å². The van der Waals surface area contributed by atoms with Crippen LogP contribution in [-0.2, 0) is 7.05 Å². The Morgan fingerprint density at radius 3 is 2.63 bits per heavy atom. The molecule has 4 heterocycles. The van der Waals surface area contributed by atoms with Crippen molar-refractivity contribution in [2.75, 3.05) is 5.32 Å². The fourth-order valence-electron chi connectivity index (χ4n) is 3.49. The highest BCUT2D eigenvalue weighted by Gasteiger charge is 2.20. The van der Waals surface area contributed by atoms with E-state index in [4.69, 9.17) is 0 Å². The summed E-state index contributed by atoms with van der Waals surface area (Å²) < 4.78 is 16.2. The number of hydrogen-bond acceptors (Lipinski definition) is 8. The summed E-state index contributed by atoms with van der Waals surface area (Å²) in [6.45, 7) is 6.75. The van der Waals surface area contributed by atoms with Crippen LogP contribution >= 0.6 is 0 Å². The minimum Gasteiger partial charge on any atom is -0.336 e. The number of hydrogen-bond donors (Lipinski definition) is 1. The van der Waals surface area contributed by atoms with Gasteiger partial charge in [-0.1, -0.05) is 19.2 Å². The predicted molar refractivity (Wildman–Crippen MR) is 129 cm³/mol. The average molecular weight is 471 g/mol. The molecule has 0 aliphatic heterocycles. The van der Waals surface area contributed by atoms with E-state index in [1.54, 1.807) is 25.2 Å². The Morgan fingerprint density at radius 1 is 1.17 bits per heavy atom. The summed E-state index contributed by atoms with van der Waals surface area (Å²) in [5.41, 5.74) is -0.323. The van der Waals surface area contributed by atoms with Gasteiger partial charge in [0.1, 0.15) is 23.7 Å². The smallest absolute Gasteiger partial charge is 0.283 e. The monoisotopic (exact) mass is 471 g/mol. The van der Waals surface area contributed by atoms with Gasteiger partial charge in [-0.15, -0.1) is 0 Å². The first kappa shape index (κ1) is 23.1. The summed E-state index contributed by atoms with van der Waals surface area (Å²) in [7, 11) is 1.55. The largest absolute Gasteiger partial charge is 0.336 e. The highest BCUT2D eigenvalue weighted by Crippen LogP contribution is 2.27. The predicted octanol–water partition coefficient (Wildman–Crippen LogP) is 2.92. The minimum atomic E-state index is -0.969. The van der Waals surface area contributed by atoms with Crippen molar-refractivity contribution in [3.63, 3.8) is 0 Å². The van der Waals surface area contributed by atoms with E-state index >= 15 is 0 Å². The Balaban J connectivity index is 1.91.